The van der Waals surface area contributed by atoms with Crippen LogP contribution in [0, 0.1) is 0 Å². The minimum atomic E-state index is 0.364. The highest BCUT2D eigenvalue weighted by Gasteiger charge is 1.92. The molecule has 17 heavy (non-hydrogen) atoms. The van der Waals surface area contributed by atoms with Crippen molar-refractivity contribution in [2.24, 2.45) is 0 Å². The minimum absolute atomic E-state index is 0.364. The smallest absolute Gasteiger partial charge is 0.146 e. The maximum absolute atomic E-state index is 10.1. The second-order valence-electron chi connectivity index (χ2n) is 4.00. The molecule has 102 valence electrons. The molecular formula is C13H26O4. The molecule has 0 amide bonds. The molecule has 0 heterocycles. The second kappa shape index (κ2) is 15.6. The molecule has 0 radical (unpaired) electrons. The summed E-state index contributed by atoms with van der Waals surface area (Å²) >= 11 is 0. The Morgan fingerprint density at radius 3 is 2.18 bits per heavy atom. The van der Waals surface area contributed by atoms with Gasteiger partial charge in [0.2, 0.25) is 0 Å². The molecule has 0 aliphatic heterocycles. The Labute approximate surface area is 105 Å². The summed E-state index contributed by atoms with van der Waals surface area (Å²) in [6, 6.07) is 0. The average molecular weight is 246 g/mol. The fourth-order valence-corrected chi connectivity index (χ4v) is 1.46. The van der Waals surface area contributed by atoms with E-state index in [1.54, 1.807) is 7.11 Å². The molecule has 0 aliphatic carbocycles. The van der Waals surface area contributed by atoms with E-state index in [2.05, 4.69) is 0 Å². The molecule has 0 aromatic carbocycles. The minimum Gasteiger partial charge on any atom is -0.382 e. The van der Waals surface area contributed by atoms with Crippen molar-refractivity contribution in [1.29, 1.82) is 0 Å². The lowest BCUT2D eigenvalue weighted by molar-refractivity contribution is -0.107. The highest BCUT2D eigenvalue weighted by molar-refractivity contribution is 5.48. The summed E-state index contributed by atoms with van der Waals surface area (Å²) in [5.41, 5.74) is 0. The van der Waals surface area contributed by atoms with E-state index in [1.165, 1.54) is 25.7 Å². The first-order chi connectivity index (χ1) is 8.41. The van der Waals surface area contributed by atoms with Gasteiger partial charge in [0.15, 0.2) is 0 Å². The van der Waals surface area contributed by atoms with Crippen molar-refractivity contribution in [1.82, 2.24) is 0 Å². The topological polar surface area (TPSA) is 44.8 Å². The fraction of sp³-hybridized carbons (Fsp3) is 0.923. The van der Waals surface area contributed by atoms with Crippen molar-refractivity contribution in [3.63, 3.8) is 0 Å². The van der Waals surface area contributed by atoms with Gasteiger partial charge in [-0.25, -0.2) is 0 Å². The molecule has 4 heteroatoms. The van der Waals surface area contributed by atoms with E-state index in [4.69, 9.17) is 14.2 Å². The summed E-state index contributed by atoms with van der Waals surface area (Å²) in [5, 5.41) is 0. The quantitative estimate of drug-likeness (QED) is 0.268. The Morgan fingerprint density at radius 2 is 1.47 bits per heavy atom. The highest BCUT2D eigenvalue weighted by Crippen LogP contribution is 2.06. The van der Waals surface area contributed by atoms with Crippen molar-refractivity contribution in [2.45, 2.75) is 44.9 Å². The van der Waals surface area contributed by atoms with Gasteiger partial charge in [-0.2, -0.15) is 0 Å². The normalized spacial score (nSPS) is 10.6. The van der Waals surface area contributed by atoms with E-state index in [-0.39, 0.29) is 0 Å². The van der Waals surface area contributed by atoms with E-state index in [1.807, 2.05) is 0 Å². The second-order valence-corrected chi connectivity index (χ2v) is 4.00. The van der Waals surface area contributed by atoms with Crippen molar-refractivity contribution >= 4 is 6.29 Å². The summed E-state index contributed by atoms with van der Waals surface area (Å²) in [4.78, 5) is 10.1. The molecular weight excluding hydrogens is 220 g/mol. The highest BCUT2D eigenvalue weighted by atomic mass is 16.7. The molecule has 0 bridgehead atoms. The summed E-state index contributed by atoms with van der Waals surface area (Å²) in [7, 11) is 1.65. The van der Waals surface area contributed by atoms with Crippen LogP contribution in [0.15, 0.2) is 0 Å². The Hall–Kier alpha value is -0.450. The zero-order chi connectivity index (χ0) is 12.6. The largest absolute Gasteiger partial charge is 0.382 e. The Balaban J connectivity index is 2.87. The van der Waals surface area contributed by atoms with Gasteiger partial charge in [-0.3, -0.25) is 0 Å². The number of hydrogen-bond acceptors (Lipinski definition) is 4. The van der Waals surface area contributed by atoms with E-state index in [9.17, 15) is 4.79 Å². The van der Waals surface area contributed by atoms with Gasteiger partial charge >= 0.3 is 0 Å². The first-order valence-electron chi connectivity index (χ1n) is 6.50. The number of unbranched alkanes of at least 4 members (excludes halogenated alkanes) is 6. The van der Waals surface area contributed by atoms with E-state index in [0.717, 1.165) is 25.7 Å². The van der Waals surface area contributed by atoms with Gasteiger partial charge in [0.25, 0.3) is 0 Å². The van der Waals surface area contributed by atoms with Gasteiger partial charge in [-0.1, -0.05) is 25.7 Å². The standard InChI is InChI=1S/C13H26O4/c1-15-11-12-17-13-16-10-8-6-4-2-3-5-7-9-14/h9H,2-8,10-13H2,1H3. The summed E-state index contributed by atoms with van der Waals surface area (Å²) in [6.45, 7) is 2.33. The van der Waals surface area contributed by atoms with E-state index >= 15 is 0 Å². The first kappa shape index (κ1) is 16.6. The van der Waals surface area contributed by atoms with Gasteiger partial charge in [-0.05, 0) is 12.8 Å². The molecule has 4 nitrogen and oxygen atoms in total. The van der Waals surface area contributed by atoms with E-state index in [0.29, 0.717) is 26.4 Å². The van der Waals surface area contributed by atoms with Gasteiger partial charge in [-0.15, -0.1) is 0 Å². The van der Waals surface area contributed by atoms with Crippen LogP contribution in [0.4, 0.5) is 0 Å². The molecule has 0 fully saturated rings. The predicted molar refractivity (Wildman–Crippen MR) is 67.0 cm³/mol. The lowest BCUT2D eigenvalue weighted by Crippen LogP contribution is -2.06. The number of aldehydes is 1. The van der Waals surface area contributed by atoms with Gasteiger partial charge < -0.3 is 19.0 Å². The van der Waals surface area contributed by atoms with Crippen LogP contribution in [0.5, 0.6) is 0 Å². The van der Waals surface area contributed by atoms with Crippen LogP contribution < -0.4 is 0 Å². The predicted octanol–water partition coefficient (Wildman–Crippen LogP) is 2.55. The summed E-state index contributed by atoms with van der Waals surface area (Å²) in [6.07, 6.45) is 8.64. The maximum Gasteiger partial charge on any atom is 0.146 e. The fourth-order valence-electron chi connectivity index (χ4n) is 1.46. The lowest BCUT2D eigenvalue weighted by Gasteiger charge is -2.05. The number of ether oxygens (including phenoxy) is 3. The Morgan fingerprint density at radius 1 is 0.824 bits per heavy atom. The maximum atomic E-state index is 10.1. The third-order valence-electron chi connectivity index (χ3n) is 2.46. The Kier molecular flexibility index (Phi) is 15.1. The molecule has 0 aromatic heterocycles. The molecule has 0 aliphatic rings. The van der Waals surface area contributed by atoms with Crippen molar-refractivity contribution in [2.75, 3.05) is 33.7 Å². The number of carbonyl (C=O) groups is 1. The van der Waals surface area contributed by atoms with Crippen LogP contribution in [-0.4, -0.2) is 40.0 Å². The van der Waals surface area contributed by atoms with Crippen molar-refractivity contribution in [3.05, 3.63) is 0 Å². The van der Waals surface area contributed by atoms with E-state index < -0.39 is 0 Å². The summed E-state index contributed by atoms with van der Waals surface area (Å²) < 4.78 is 15.3. The lowest BCUT2D eigenvalue weighted by atomic mass is 10.1. The monoisotopic (exact) mass is 246 g/mol. The number of methoxy groups -OCH3 is 1. The molecule has 0 rings (SSSR count). The van der Waals surface area contributed by atoms with Crippen molar-refractivity contribution < 1.29 is 19.0 Å². The summed E-state index contributed by atoms with van der Waals surface area (Å²) in [5.74, 6) is 0. The number of hydrogen-bond donors (Lipinski definition) is 0. The first-order valence-corrected chi connectivity index (χ1v) is 6.50. The number of rotatable bonds is 14. The molecule has 0 atom stereocenters. The van der Waals surface area contributed by atoms with Gasteiger partial charge in [0.05, 0.1) is 13.2 Å². The van der Waals surface area contributed by atoms with Gasteiger partial charge in [0, 0.05) is 20.1 Å². The SMILES string of the molecule is COCCOCOCCCCCCCCC=O. The third-order valence-corrected chi connectivity index (χ3v) is 2.46. The number of carbonyl (C=O) groups excluding carboxylic acids is 1. The molecule has 0 saturated heterocycles. The van der Waals surface area contributed by atoms with Crippen molar-refractivity contribution in [3.8, 4) is 0 Å². The van der Waals surface area contributed by atoms with Crippen LogP contribution >= 0.6 is 0 Å². The van der Waals surface area contributed by atoms with Gasteiger partial charge in [0.1, 0.15) is 13.1 Å². The Bertz CT molecular complexity index is 150. The zero-order valence-corrected chi connectivity index (χ0v) is 11.0. The van der Waals surface area contributed by atoms with Crippen LogP contribution in [0.3, 0.4) is 0 Å². The zero-order valence-electron chi connectivity index (χ0n) is 11.0. The molecule has 0 N–H and O–H groups in total. The average Bonchev–Trinajstić information content (AvgIpc) is 2.35. The van der Waals surface area contributed by atoms with Crippen LogP contribution in [0.25, 0.3) is 0 Å². The van der Waals surface area contributed by atoms with Crippen LogP contribution in [0.2, 0.25) is 0 Å². The molecule has 0 saturated carbocycles. The third kappa shape index (κ3) is 15.5. The molecule has 0 aromatic rings. The van der Waals surface area contributed by atoms with Crippen LogP contribution in [-0.2, 0) is 19.0 Å². The van der Waals surface area contributed by atoms with Crippen LogP contribution in [0.1, 0.15) is 44.9 Å². The molecule has 0 spiro atoms. The molecule has 0 unspecified atom stereocenters.